The second-order valence-corrected chi connectivity index (χ2v) is 6.54. The SMILES string of the molecule is CCC(CC)n1nc(C)cc1NC(=O)N(CC)C[C@H]1CCCCO1. The summed E-state index contributed by atoms with van der Waals surface area (Å²) in [6.07, 6.45) is 5.50. The number of rotatable bonds is 7. The highest BCUT2D eigenvalue weighted by atomic mass is 16.5. The summed E-state index contributed by atoms with van der Waals surface area (Å²) in [5, 5.41) is 7.62. The second kappa shape index (κ2) is 9.06. The minimum absolute atomic E-state index is 0.0706. The topological polar surface area (TPSA) is 59.4 Å². The van der Waals surface area contributed by atoms with E-state index in [0.29, 0.717) is 19.1 Å². The fraction of sp³-hybridized carbons (Fsp3) is 0.778. The molecule has 24 heavy (non-hydrogen) atoms. The zero-order valence-electron chi connectivity index (χ0n) is 15.5. The van der Waals surface area contributed by atoms with Gasteiger partial charge in [-0.25, -0.2) is 9.48 Å². The van der Waals surface area contributed by atoms with E-state index in [1.165, 1.54) is 6.42 Å². The van der Waals surface area contributed by atoms with E-state index in [-0.39, 0.29) is 12.1 Å². The predicted octanol–water partition coefficient (Wildman–Crippen LogP) is 3.98. The van der Waals surface area contributed by atoms with Crippen LogP contribution in [0.2, 0.25) is 0 Å². The van der Waals surface area contributed by atoms with Crippen molar-refractivity contribution in [2.24, 2.45) is 0 Å². The average Bonchev–Trinajstić information content (AvgIpc) is 2.95. The van der Waals surface area contributed by atoms with Crippen molar-refractivity contribution >= 4 is 11.8 Å². The molecule has 1 aromatic rings. The molecule has 1 fully saturated rings. The molecule has 2 heterocycles. The van der Waals surface area contributed by atoms with Crippen molar-refractivity contribution in [3.8, 4) is 0 Å². The van der Waals surface area contributed by atoms with Gasteiger partial charge in [0.2, 0.25) is 0 Å². The zero-order chi connectivity index (χ0) is 17.5. The van der Waals surface area contributed by atoms with Gasteiger partial charge in [0.15, 0.2) is 0 Å². The number of anilines is 1. The molecule has 1 aliphatic rings. The van der Waals surface area contributed by atoms with Crippen molar-refractivity contribution in [3.05, 3.63) is 11.8 Å². The number of nitrogens with zero attached hydrogens (tertiary/aromatic N) is 3. The number of hydrogen-bond donors (Lipinski definition) is 1. The minimum Gasteiger partial charge on any atom is -0.376 e. The van der Waals surface area contributed by atoms with Gasteiger partial charge >= 0.3 is 6.03 Å². The Bertz CT molecular complexity index is 519. The van der Waals surface area contributed by atoms with Crippen LogP contribution in [0.5, 0.6) is 0 Å². The monoisotopic (exact) mass is 336 g/mol. The van der Waals surface area contributed by atoms with Crippen LogP contribution in [-0.2, 0) is 4.74 Å². The van der Waals surface area contributed by atoms with Crippen LogP contribution in [0.1, 0.15) is 64.6 Å². The molecular weight excluding hydrogens is 304 g/mol. The lowest BCUT2D eigenvalue weighted by atomic mass is 10.1. The predicted molar refractivity (Wildman–Crippen MR) is 96.4 cm³/mol. The Kier molecular flexibility index (Phi) is 7.09. The molecule has 0 bridgehead atoms. The molecular formula is C18H32N4O2. The van der Waals surface area contributed by atoms with Gasteiger partial charge in [-0.2, -0.15) is 5.10 Å². The number of ether oxygens (including phenoxy) is 1. The highest BCUT2D eigenvalue weighted by molar-refractivity contribution is 5.88. The van der Waals surface area contributed by atoms with E-state index in [1.807, 2.05) is 29.5 Å². The Hall–Kier alpha value is -1.56. The summed E-state index contributed by atoms with van der Waals surface area (Å²) in [6.45, 7) is 10.4. The van der Waals surface area contributed by atoms with Crippen molar-refractivity contribution in [1.82, 2.24) is 14.7 Å². The van der Waals surface area contributed by atoms with Crippen molar-refractivity contribution in [1.29, 1.82) is 0 Å². The first-order valence-corrected chi connectivity index (χ1v) is 9.32. The molecule has 1 atom stereocenters. The summed E-state index contributed by atoms with van der Waals surface area (Å²) < 4.78 is 7.73. The van der Waals surface area contributed by atoms with Crippen molar-refractivity contribution < 1.29 is 9.53 Å². The number of carbonyl (C=O) groups excluding carboxylic acids is 1. The smallest absolute Gasteiger partial charge is 0.323 e. The molecule has 136 valence electrons. The van der Waals surface area contributed by atoms with Crippen molar-refractivity contribution in [2.45, 2.75) is 71.9 Å². The van der Waals surface area contributed by atoms with Gasteiger partial charge in [0.25, 0.3) is 0 Å². The second-order valence-electron chi connectivity index (χ2n) is 6.54. The van der Waals surface area contributed by atoms with E-state index in [9.17, 15) is 4.79 Å². The van der Waals surface area contributed by atoms with Crippen LogP contribution >= 0.6 is 0 Å². The van der Waals surface area contributed by atoms with Crippen LogP contribution in [-0.4, -0.2) is 46.5 Å². The van der Waals surface area contributed by atoms with Crippen LogP contribution in [0, 0.1) is 6.92 Å². The lowest BCUT2D eigenvalue weighted by Gasteiger charge is -2.29. The first-order chi connectivity index (χ1) is 11.6. The molecule has 0 radical (unpaired) electrons. The van der Waals surface area contributed by atoms with Gasteiger partial charge in [-0.1, -0.05) is 13.8 Å². The molecule has 1 aromatic heterocycles. The maximum absolute atomic E-state index is 12.7. The van der Waals surface area contributed by atoms with Crippen LogP contribution in [0.3, 0.4) is 0 Å². The highest BCUT2D eigenvalue weighted by Gasteiger charge is 2.22. The number of aryl methyl sites for hydroxylation is 1. The average molecular weight is 336 g/mol. The number of likely N-dealkylation sites (N-methyl/N-ethyl adjacent to an activating group) is 1. The fourth-order valence-electron chi connectivity index (χ4n) is 3.26. The Morgan fingerprint density at radius 1 is 1.42 bits per heavy atom. The van der Waals surface area contributed by atoms with Gasteiger partial charge < -0.3 is 9.64 Å². The molecule has 1 aliphatic heterocycles. The third-order valence-corrected chi connectivity index (χ3v) is 4.75. The summed E-state index contributed by atoms with van der Waals surface area (Å²) in [5.74, 6) is 0.786. The normalized spacial score (nSPS) is 18.0. The van der Waals surface area contributed by atoms with E-state index in [2.05, 4.69) is 24.3 Å². The maximum Gasteiger partial charge on any atom is 0.323 e. The summed E-state index contributed by atoms with van der Waals surface area (Å²) >= 11 is 0. The van der Waals surface area contributed by atoms with Gasteiger partial charge in [0, 0.05) is 25.8 Å². The fourth-order valence-corrected chi connectivity index (χ4v) is 3.26. The third-order valence-electron chi connectivity index (χ3n) is 4.75. The summed E-state index contributed by atoms with van der Waals surface area (Å²) in [7, 11) is 0. The van der Waals surface area contributed by atoms with Gasteiger partial charge in [-0.15, -0.1) is 0 Å². The van der Waals surface area contributed by atoms with E-state index in [1.54, 1.807) is 0 Å². The minimum atomic E-state index is -0.0706. The van der Waals surface area contributed by atoms with E-state index >= 15 is 0 Å². The van der Waals surface area contributed by atoms with E-state index in [0.717, 1.165) is 43.8 Å². The van der Waals surface area contributed by atoms with Crippen LogP contribution in [0.25, 0.3) is 0 Å². The lowest BCUT2D eigenvalue weighted by molar-refractivity contribution is 0.00220. The maximum atomic E-state index is 12.7. The van der Waals surface area contributed by atoms with E-state index in [4.69, 9.17) is 4.74 Å². The van der Waals surface area contributed by atoms with Crippen LogP contribution in [0.15, 0.2) is 6.07 Å². The zero-order valence-corrected chi connectivity index (χ0v) is 15.5. The summed E-state index contributed by atoms with van der Waals surface area (Å²) in [6, 6.07) is 2.19. The quantitative estimate of drug-likeness (QED) is 0.819. The van der Waals surface area contributed by atoms with Crippen molar-refractivity contribution in [2.75, 3.05) is 25.0 Å². The largest absolute Gasteiger partial charge is 0.376 e. The molecule has 0 aromatic carbocycles. The molecule has 6 nitrogen and oxygen atoms in total. The molecule has 0 spiro atoms. The Morgan fingerprint density at radius 2 is 2.17 bits per heavy atom. The molecule has 2 amide bonds. The van der Waals surface area contributed by atoms with Gasteiger partial charge in [0.1, 0.15) is 5.82 Å². The molecule has 2 rings (SSSR count). The summed E-state index contributed by atoms with van der Waals surface area (Å²) in [5.41, 5.74) is 0.927. The molecule has 1 N–H and O–H groups in total. The lowest BCUT2D eigenvalue weighted by Crippen LogP contribution is -2.42. The molecule has 0 aliphatic carbocycles. The van der Waals surface area contributed by atoms with Gasteiger partial charge in [-0.05, 0) is 46.0 Å². The number of nitrogens with one attached hydrogen (secondary N) is 1. The Balaban J connectivity index is 2.04. The third kappa shape index (κ3) is 4.72. The standard InChI is InChI=1S/C18H32N4O2/c1-5-15(6-2)22-17(12-14(4)20-22)19-18(23)21(7-3)13-16-10-8-9-11-24-16/h12,15-16H,5-11,13H2,1-4H3,(H,19,23)/t16-/m1/s1. The Morgan fingerprint density at radius 3 is 2.75 bits per heavy atom. The van der Waals surface area contributed by atoms with E-state index < -0.39 is 0 Å². The molecule has 6 heteroatoms. The number of hydrogen-bond acceptors (Lipinski definition) is 3. The van der Waals surface area contributed by atoms with Crippen LogP contribution in [0.4, 0.5) is 10.6 Å². The first-order valence-electron chi connectivity index (χ1n) is 9.32. The number of amides is 2. The van der Waals surface area contributed by atoms with Gasteiger partial charge in [0.05, 0.1) is 17.8 Å². The first kappa shape index (κ1) is 18.8. The molecule has 1 saturated heterocycles. The molecule has 0 unspecified atom stereocenters. The number of urea groups is 1. The Labute approximate surface area is 145 Å². The van der Waals surface area contributed by atoms with Gasteiger partial charge in [-0.3, -0.25) is 5.32 Å². The highest BCUT2D eigenvalue weighted by Crippen LogP contribution is 2.22. The summed E-state index contributed by atoms with van der Waals surface area (Å²) in [4.78, 5) is 14.5. The number of carbonyl (C=O) groups is 1. The number of aromatic nitrogens is 2. The molecule has 0 saturated carbocycles. The van der Waals surface area contributed by atoms with Crippen LogP contribution < -0.4 is 5.32 Å². The van der Waals surface area contributed by atoms with Crippen molar-refractivity contribution in [3.63, 3.8) is 0 Å².